The Morgan fingerprint density at radius 3 is 2.80 bits per heavy atom. The second-order valence-corrected chi connectivity index (χ2v) is 2.95. The van der Waals surface area contributed by atoms with Crippen molar-refractivity contribution in [1.29, 1.82) is 0 Å². The van der Waals surface area contributed by atoms with Gasteiger partial charge in [-0.15, -0.1) is 6.58 Å². The quantitative estimate of drug-likeness (QED) is 0.457. The van der Waals surface area contributed by atoms with E-state index >= 15 is 0 Å². The fraction of sp³-hybridized carbons (Fsp3) is 0.750. The maximum absolute atomic E-state index is 5.61. The summed E-state index contributed by atoms with van der Waals surface area (Å²) in [7, 11) is 0. The van der Waals surface area contributed by atoms with E-state index in [9.17, 15) is 0 Å². The van der Waals surface area contributed by atoms with Crippen LogP contribution in [0.1, 0.15) is 12.8 Å². The lowest BCUT2D eigenvalue weighted by Crippen LogP contribution is -2.55. The molecule has 0 aromatic carbocycles. The normalized spacial score (nSPS) is 20.5. The molecule has 58 valence electrons. The summed E-state index contributed by atoms with van der Waals surface area (Å²) in [4.78, 5) is 2.38. The van der Waals surface area contributed by atoms with E-state index in [-0.39, 0.29) is 0 Å². The van der Waals surface area contributed by atoms with Crippen LogP contribution in [-0.4, -0.2) is 30.6 Å². The van der Waals surface area contributed by atoms with E-state index in [0.717, 1.165) is 19.5 Å². The van der Waals surface area contributed by atoms with E-state index in [4.69, 9.17) is 5.73 Å². The van der Waals surface area contributed by atoms with E-state index in [1.54, 1.807) is 0 Å². The Hall–Kier alpha value is -0.340. The molecule has 0 saturated carbocycles. The summed E-state index contributed by atoms with van der Waals surface area (Å²) in [6, 6.07) is 0.448. The molecular weight excluding hydrogens is 124 g/mol. The van der Waals surface area contributed by atoms with Crippen molar-refractivity contribution in [3.8, 4) is 0 Å². The molecule has 2 heteroatoms. The number of allylic oxidation sites excluding steroid dienone is 1. The summed E-state index contributed by atoms with van der Waals surface area (Å²) in [6.45, 7) is 7.06. The number of nitrogens with two attached hydrogens (primary N) is 1. The van der Waals surface area contributed by atoms with Crippen LogP contribution in [0.15, 0.2) is 12.7 Å². The minimum absolute atomic E-state index is 0.448. The van der Waals surface area contributed by atoms with Crippen molar-refractivity contribution in [2.24, 2.45) is 5.73 Å². The zero-order chi connectivity index (χ0) is 7.40. The number of hydrogen-bond acceptors (Lipinski definition) is 2. The van der Waals surface area contributed by atoms with Crippen molar-refractivity contribution >= 4 is 0 Å². The van der Waals surface area contributed by atoms with E-state index in [2.05, 4.69) is 11.5 Å². The first kappa shape index (κ1) is 7.76. The molecule has 0 amide bonds. The molecule has 0 aromatic rings. The molecule has 1 aliphatic rings. The van der Waals surface area contributed by atoms with E-state index in [0.29, 0.717) is 6.04 Å². The molecule has 0 unspecified atom stereocenters. The first-order valence-electron chi connectivity index (χ1n) is 3.92. The molecule has 1 rings (SSSR count). The predicted molar refractivity (Wildman–Crippen MR) is 43.8 cm³/mol. The lowest BCUT2D eigenvalue weighted by Gasteiger charge is -2.36. The van der Waals surface area contributed by atoms with Crippen LogP contribution in [0, 0.1) is 0 Å². The van der Waals surface area contributed by atoms with E-state index in [1.165, 1.54) is 13.0 Å². The van der Waals surface area contributed by atoms with Crippen LogP contribution in [0.4, 0.5) is 0 Å². The number of rotatable bonds is 4. The SMILES string of the molecule is C=CCCCN1CC(N)C1. The summed E-state index contributed by atoms with van der Waals surface area (Å²) in [5, 5.41) is 0. The van der Waals surface area contributed by atoms with Gasteiger partial charge in [0.25, 0.3) is 0 Å². The van der Waals surface area contributed by atoms with Crippen LogP contribution in [0.3, 0.4) is 0 Å². The number of likely N-dealkylation sites (tertiary alicyclic amines) is 1. The van der Waals surface area contributed by atoms with Crippen molar-refractivity contribution < 1.29 is 0 Å². The highest BCUT2D eigenvalue weighted by Crippen LogP contribution is 2.06. The molecule has 1 aliphatic heterocycles. The van der Waals surface area contributed by atoms with Crippen molar-refractivity contribution in [1.82, 2.24) is 4.90 Å². The third-order valence-corrected chi connectivity index (χ3v) is 1.87. The predicted octanol–water partition coefficient (Wildman–Crippen LogP) is 0.596. The third kappa shape index (κ3) is 2.12. The highest BCUT2D eigenvalue weighted by atomic mass is 15.2. The molecule has 1 heterocycles. The Labute approximate surface area is 62.7 Å². The monoisotopic (exact) mass is 140 g/mol. The van der Waals surface area contributed by atoms with Crippen LogP contribution < -0.4 is 5.73 Å². The minimum atomic E-state index is 0.448. The first-order chi connectivity index (χ1) is 4.83. The first-order valence-corrected chi connectivity index (χ1v) is 3.92. The molecule has 0 aliphatic carbocycles. The summed E-state index contributed by atoms with van der Waals surface area (Å²) in [5.41, 5.74) is 5.61. The van der Waals surface area contributed by atoms with Crippen molar-refractivity contribution in [2.45, 2.75) is 18.9 Å². The van der Waals surface area contributed by atoms with Gasteiger partial charge in [-0.25, -0.2) is 0 Å². The van der Waals surface area contributed by atoms with Gasteiger partial charge in [0.2, 0.25) is 0 Å². The molecule has 0 atom stereocenters. The molecule has 0 aromatic heterocycles. The van der Waals surface area contributed by atoms with Crippen LogP contribution >= 0.6 is 0 Å². The summed E-state index contributed by atoms with van der Waals surface area (Å²) >= 11 is 0. The maximum atomic E-state index is 5.61. The van der Waals surface area contributed by atoms with E-state index < -0.39 is 0 Å². The molecular formula is C8H16N2. The summed E-state index contributed by atoms with van der Waals surface area (Å²) in [5.74, 6) is 0. The molecule has 0 bridgehead atoms. The molecule has 2 N–H and O–H groups in total. The largest absolute Gasteiger partial charge is 0.325 e. The second-order valence-electron chi connectivity index (χ2n) is 2.95. The molecule has 10 heavy (non-hydrogen) atoms. The van der Waals surface area contributed by atoms with Gasteiger partial charge in [0, 0.05) is 19.1 Å². The van der Waals surface area contributed by atoms with Crippen molar-refractivity contribution in [3.05, 3.63) is 12.7 Å². The fourth-order valence-corrected chi connectivity index (χ4v) is 1.25. The molecule has 2 nitrogen and oxygen atoms in total. The number of hydrogen-bond donors (Lipinski definition) is 1. The Morgan fingerprint density at radius 1 is 1.60 bits per heavy atom. The maximum Gasteiger partial charge on any atom is 0.0297 e. The van der Waals surface area contributed by atoms with Gasteiger partial charge in [-0.05, 0) is 19.4 Å². The van der Waals surface area contributed by atoms with Crippen LogP contribution in [-0.2, 0) is 0 Å². The van der Waals surface area contributed by atoms with Gasteiger partial charge < -0.3 is 10.6 Å². The average Bonchev–Trinajstić information content (AvgIpc) is 1.85. The lowest BCUT2D eigenvalue weighted by atomic mass is 10.1. The van der Waals surface area contributed by atoms with Crippen LogP contribution in [0.2, 0.25) is 0 Å². The van der Waals surface area contributed by atoms with Gasteiger partial charge in [0.15, 0.2) is 0 Å². The van der Waals surface area contributed by atoms with Gasteiger partial charge in [0.05, 0.1) is 0 Å². The summed E-state index contributed by atoms with van der Waals surface area (Å²) < 4.78 is 0. The number of nitrogens with zero attached hydrogens (tertiary/aromatic N) is 1. The van der Waals surface area contributed by atoms with Gasteiger partial charge in [-0.2, -0.15) is 0 Å². The van der Waals surface area contributed by atoms with Gasteiger partial charge in [-0.1, -0.05) is 6.08 Å². The Kier molecular flexibility index (Phi) is 2.90. The molecule has 1 fully saturated rings. The topological polar surface area (TPSA) is 29.3 Å². The lowest BCUT2D eigenvalue weighted by molar-refractivity contribution is 0.150. The van der Waals surface area contributed by atoms with Gasteiger partial charge in [-0.3, -0.25) is 0 Å². The standard InChI is InChI=1S/C8H16N2/c1-2-3-4-5-10-6-8(9)7-10/h2,8H,1,3-7,9H2. The zero-order valence-electron chi connectivity index (χ0n) is 6.42. The Bertz CT molecular complexity index is 106. The molecule has 0 radical (unpaired) electrons. The van der Waals surface area contributed by atoms with Gasteiger partial charge in [0.1, 0.15) is 0 Å². The van der Waals surface area contributed by atoms with E-state index in [1.807, 2.05) is 6.08 Å². The highest BCUT2D eigenvalue weighted by Gasteiger charge is 2.21. The average molecular weight is 140 g/mol. The zero-order valence-corrected chi connectivity index (χ0v) is 6.42. The van der Waals surface area contributed by atoms with Crippen molar-refractivity contribution in [2.75, 3.05) is 19.6 Å². The van der Waals surface area contributed by atoms with Gasteiger partial charge >= 0.3 is 0 Å². The van der Waals surface area contributed by atoms with Crippen molar-refractivity contribution in [3.63, 3.8) is 0 Å². The number of unbranched alkanes of at least 4 members (excludes halogenated alkanes) is 1. The smallest absolute Gasteiger partial charge is 0.0297 e. The Balaban J connectivity index is 1.90. The third-order valence-electron chi connectivity index (χ3n) is 1.87. The van der Waals surface area contributed by atoms with Crippen LogP contribution in [0.25, 0.3) is 0 Å². The molecule has 0 spiro atoms. The van der Waals surface area contributed by atoms with Crippen LogP contribution in [0.5, 0.6) is 0 Å². The molecule has 1 saturated heterocycles. The fourth-order valence-electron chi connectivity index (χ4n) is 1.25. The summed E-state index contributed by atoms with van der Waals surface area (Å²) in [6.07, 6.45) is 4.33. The Morgan fingerprint density at radius 2 is 2.30 bits per heavy atom. The highest BCUT2D eigenvalue weighted by molar-refractivity contribution is 4.82. The second kappa shape index (κ2) is 3.74. The minimum Gasteiger partial charge on any atom is -0.325 e.